The number of phenolic OH excluding ortho intramolecular Hbond substituents is 1. The first-order valence-corrected chi connectivity index (χ1v) is 8.56. The molecule has 1 aromatic carbocycles. The number of rotatable bonds is 1. The number of aromatic amines is 1. The highest BCUT2D eigenvalue weighted by Gasteiger charge is 2.52. The topological polar surface area (TPSA) is 59.5 Å². The molecule has 1 aromatic heterocycles. The van der Waals surface area contributed by atoms with Gasteiger partial charge in [0, 0.05) is 41.7 Å². The molecule has 4 unspecified atom stereocenters. The largest absolute Gasteiger partial charge is 0.508 e. The van der Waals surface area contributed by atoms with Gasteiger partial charge in [0.2, 0.25) is 0 Å². The van der Waals surface area contributed by atoms with Crippen LogP contribution in [0.15, 0.2) is 29.8 Å². The van der Waals surface area contributed by atoms with Gasteiger partial charge >= 0.3 is 0 Å². The summed E-state index contributed by atoms with van der Waals surface area (Å²) in [5.74, 6) is 1.17. The van der Waals surface area contributed by atoms with E-state index in [0.29, 0.717) is 29.7 Å². The fraction of sp³-hybridized carbons (Fsp3) is 0.474. The average Bonchev–Trinajstić information content (AvgIpc) is 2.92. The lowest BCUT2D eigenvalue weighted by molar-refractivity contribution is -0.0503. The van der Waals surface area contributed by atoms with Gasteiger partial charge in [-0.1, -0.05) is 11.6 Å². The Labute approximate surface area is 135 Å². The molecular weight excluding hydrogens is 288 g/mol. The second kappa shape index (κ2) is 4.62. The van der Waals surface area contributed by atoms with Crippen molar-refractivity contribution in [1.82, 2.24) is 9.88 Å². The minimum Gasteiger partial charge on any atom is -0.508 e. The van der Waals surface area contributed by atoms with Crippen LogP contribution in [0.1, 0.15) is 30.6 Å². The number of H-pyrrole nitrogens is 1. The van der Waals surface area contributed by atoms with Gasteiger partial charge in [0.25, 0.3) is 0 Å². The summed E-state index contributed by atoms with van der Waals surface area (Å²) < 4.78 is 0. The molecule has 4 aliphatic heterocycles. The van der Waals surface area contributed by atoms with Gasteiger partial charge in [-0.3, -0.25) is 4.90 Å². The van der Waals surface area contributed by atoms with Crippen LogP contribution in [-0.2, 0) is 6.42 Å². The Bertz CT molecular complexity index is 822. The Morgan fingerprint density at radius 2 is 2.26 bits per heavy atom. The summed E-state index contributed by atoms with van der Waals surface area (Å²) in [4.78, 5) is 6.21. The molecule has 3 N–H and O–H groups in total. The maximum Gasteiger partial charge on any atom is 0.116 e. The van der Waals surface area contributed by atoms with Crippen LogP contribution in [0.5, 0.6) is 5.75 Å². The second-order valence-electron chi connectivity index (χ2n) is 7.26. The summed E-state index contributed by atoms with van der Waals surface area (Å²) in [7, 11) is 0. The Morgan fingerprint density at radius 3 is 3.04 bits per heavy atom. The number of piperidine rings is 3. The normalized spacial score (nSPS) is 36.6. The van der Waals surface area contributed by atoms with Crippen molar-refractivity contribution in [2.75, 3.05) is 13.2 Å². The monoisotopic (exact) mass is 310 g/mol. The standard InChI is InChI=1S/C19H22N2O2/c1-2-10-8-21-17-7-14-13-5-11(23)3-4-16(13)20-19(14)18(21)6-12(10)15(17)9-22/h2-5,12,15,17-18,20,22-23H,6-9H2,1H3/b10-2-/t12?,15?,17?,18-/m0/s1. The minimum absolute atomic E-state index is 0.263. The van der Waals surface area contributed by atoms with Crippen molar-refractivity contribution in [3.05, 3.63) is 41.1 Å². The van der Waals surface area contributed by atoms with E-state index in [1.165, 1.54) is 16.8 Å². The zero-order chi connectivity index (χ0) is 15.7. The van der Waals surface area contributed by atoms with Crippen LogP contribution >= 0.6 is 0 Å². The summed E-state index contributed by atoms with van der Waals surface area (Å²) in [5, 5.41) is 21.0. The lowest BCUT2D eigenvalue weighted by Gasteiger charge is -2.58. The third-order valence-electron chi connectivity index (χ3n) is 6.41. The first kappa shape index (κ1) is 13.6. The number of nitrogens with one attached hydrogen (secondary N) is 1. The van der Waals surface area contributed by atoms with Gasteiger partial charge < -0.3 is 15.2 Å². The van der Waals surface area contributed by atoms with E-state index in [1.807, 2.05) is 12.1 Å². The van der Waals surface area contributed by atoms with Crippen molar-refractivity contribution >= 4 is 10.9 Å². The maximum absolute atomic E-state index is 9.99. The first-order chi connectivity index (χ1) is 11.2. The van der Waals surface area contributed by atoms with Crippen molar-refractivity contribution in [2.24, 2.45) is 11.8 Å². The molecule has 2 aromatic rings. The fourth-order valence-electron chi connectivity index (χ4n) is 5.35. The van der Waals surface area contributed by atoms with Crippen molar-refractivity contribution in [2.45, 2.75) is 31.8 Å². The van der Waals surface area contributed by atoms with Gasteiger partial charge in [0.1, 0.15) is 5.75 Å². The Morgan fingerprint density at radius 1 is 1.39 bits per heavy atom. The van der Waals surface area contributed by atoms with Crippen LogP contribution in [0, 0.1) is 11.8 Å². The molecule has 5 atom stereocenters. The highest BCUT2D eigenvalue weighted by molar-refractivity contribution is 5.86. The molecule has 0 aliphatic carbocycles. The summed E-state index contributed by atoms with van der Waals surface area (Å²) >= 11 is 0. The third-order valence-corrected chi connectivity index (χ3v) is 6.41. The zero-order valence-corrected chi connectivity index (χ0v) is 13.3. The molecule has 4 bridgehead atoms. The van der Waals surface area contributed by atoms with Crippen molar-refractivity contribution in [3.63, 3.8) is 0 Å². The molecule has 4 nitrogen and oxygen atoms in total. The predicted octanol–water partition coefficient (Wildman–Crippen LogP) is 2.73. The number of aliphatic hydroxyl groups excluding tert-OH is 1. The van der Waals surface area contributed by atoms with Crippen molar-refractivity contribution < 1.29 is 10.2 Å². The molecular formula is C19H22N2O2. The molecule has 3 saturated heterocycles. The third kappa shape index (κ3) is 1.68. The van der Waals surface area contributed by atoms with E-state index in [4.69, 9.17) is 0 Å². The van der Waals surface area contributed by atoms with Gasteiger partial charge in [0.15, 0.2) is 0 Å². The van der Waals surface area contributed by atoms with Gasteiger partial charge in [-0.15, -0.1) is 0 Å². The Hall–Kier alpha value is -1.78. The van der Waals surface area contributed by atoms with E-state index in [-0.39, 0.29) is 6.61 Å². The molecule has 5 heterocycles. The van der Waals surface area contributed by atoms with Gasteiger partial charge in [-0.25, -0.2) is 0 Å². The molecule has 4 aliphatic rings. The van der Waals surface area contributed by atoms with Crippen molar-refractivity contribution in [1.29, 1.82) is 0 Å². The van der Waals surface area contributed by atoms with Crippen LogP contribution in [-0.4, -0.2) is 39.3 Å². The predicted molar refractivity (Wildman–Crippen MR) is 89.3 cm³/mol. The molecule has 23 heavy (non-hydrogen) atoms. The summed E-state index contributed by atoms with van der Waals surface area (Å²) in [6.07, 6.45) is 4.31. The van der Waals surface area contributed by atoms with E-state index in [2.05, 4.69) is 22.9 Å². The van der Waals surface area contributed by atoms with Crippen LogP contribution in [0.25, 0.3) is 10.9 Å². The summed E-state index contributed by atoms with van der Waals surface area (Å²) in [5.41, 5.74) is 5.29. The number of nitrogens with zero attached hydrogens (tertiary/aromatic N) is 1. The molecule has 0 radical (unpaired) electrons. The SMILES string of the molecule is C/C=C1/CN2C3Cc4c([nH]c5ccc(O)cc45)[C@@H]2CC1C3CO. The van der Waals surface area contributed by atoms with Gasteiger partial charge in [-0.05, 0) is 49.4 Å². The number of hydrogen-bond acceptors (Lipinski definition) is 3. The molecule has 0 spiro atoms. The van der Waals surface area contributed by atoms with E-state index in [1.54, 1.807) is 6.07 Å². The van der Waals surface area contributed by atoms with Crippen LogP contribution in [0.3, 0.4) is 0 Å². The van der Waals surface area contributed by atoms with E-state index >= 15 is 0 Å². The summed E-state index contributed by atoms with van der Waals surface area (Å²) in [6, 6.07) is 6.44. The zero-order valence-electron chi connectivity index (χ0n) is 13.3. The highest BCUT2D eigenvalue weighted by Crippen LogP contribution is 2.54. The molecule has 0 amide bonds. The summed E-state index contributed by atoms with van der Waals surface area (Å²) in [6.45, 7) is 3.42. The number of benzene rings is 1. The fourth-order valence-corrected chi connectivity index (χ4v) is 5.35. The average molecular weight is 310 g/mol. The molecule has 120 valence electrons. The minimum atomic E-state index is 0.263. The van der Waals surface area contributed by atoms with Gasteiger partial charge in [0.05, 0.1) is 6.04 Å². The maximum atomic E-state index is 9.99. The number of fused-ring (bicyclic) bond motifs is 4. The lowest BCUT2D eigenvalue weighted by atomic mass is 9.64. The van der Waals surface area contributed by atoms with Crippen LogP contribution in [0.4, 0.5) is 0 Å². The quantitative estimate of drug-likeness (QED) is 0.710. The number of aromatic hydroxyl groups is 1. The molecule has 3 fully saturated rings. The Balaban J connectivity index is 1.68. The van der Waals surface area contributed by atoms with E-state index < -0.39 is 0 Å². The number of allylic oxidation sites excluding steroid dienone is 1. The first-order valence-electron chi connectivity index (χ1n) is 8.56. The molecule has 4 heteroatoms. The van der Waals surface area contributed by atoms with Crippen molar-refractivity contribution in [3.8, 4) is 5.75 Å². The number of phenols is 1. The number of hydrogen-bond donors (Lipinski definition) is 3. The smallest absolute Gasteiger partial charge is 0.116 e. The number of aromatic nitrogens is 1. The molecule has 6 rings (SSSR count). The second-order valence-corrected chi connectivity index (χ2v) is 7.26. The van der Waals surface area contributed by atoms with Gasteiger partial charge in [-0.2, -0.15) is 0 Å². The Kier molecular flexibility index (Phi) is 2.74. The van der Waals surface area contributed by atoms with E-state index in [0.717, 1.165) is 30.3 Å². The lowest BCUT2D eigenvalue weighted by Crippen LogP contribution is -2.60. The van der Waals surface area contributed by atoms with E-state index in [9.17, 15) is 10.2 Å². The highest BCUT2D eigenvalue weighted by atomic mass is 16.3. The van der Waals surface area contributed by atoms with Crippen LogP contribution in [0.2, 0.25) is 0 Å². The molecule has 0 saturated carbocycles. The number of aliphatic hydroxyl groups is 1. The van der Waals surface area contributed by atoms with Crippen LogP contribution < -0.4 is 0 Å².